The standard InChI is InChI=1S/C12H14N2O/c13-7-5-10-1-3-11(4-2-10)15-12-6-8-14-9-12/h1-4,12,14H,5-6,8-9H2. The fourth-order valence-corrected chi connectivity index (χ4v) is 1.70. The second kappa shape index (κ2) is 4.81. The molecule has 1 fully saturated rings. The van der Waals surface area contributed by atoms with Crippen molar-refractivity contribution in [3.05, 3.63) is 29.8 Å². The summed E-state index contributed by atoms with van der Waals surface area (Å²) in [5, 5.41) is 11.8. The summed E-state index contributed by atoms with van der Waals surface area (Å²) in [7, 11) is 0. The van der Waals surface area contributed by atoms with E-state index in [4.69, 9.17) is 10.00 Å². The molecular formula is C12H14N2O. The fraction of sp³-hybridized carbons (Fsp3) is 0.417. The van der Waals surface area contributed by atoms with Gasteiger partial charge in [0.1, 0.15) is 11.9 Å². The largest absolute Gasteiger partial charge is 0.489 e. The zero-order valence-electron chi connectivity index (χ0n) is 8.57. The highest BCUT2D eigenvalue weighted by atomic mass is 16.5. The number of hydrogen-bond acceptors (Lipinski definition) is 3. The lowest BCUT2D eigenvalue weighted by Crippen LogP contribution is -2.19. The van der Waals surface area contributed by atoms with Gasteiger partial charge in [-0.05, 0) is 30.7 Å². The molecule has 0 amide bonds. The first-order valence-electron chi connectivity index (χ1n) is 5.22. The summed E-state index contributed by atoms with van der Waals surface area (Å²) < 4.78 is 5.76. The molecule has 2 rings (SSSR count). The molecule has 0 bridgehead atoms. The van der Waals surface area contributed by atoms with Crippen molar-refractivity contribution in [1.29, 1.82) is 5.26 Å². The van der Waals surface area contributed by atoms with Crippen LogP contribution in [0, 0.1) is 11.3 Å². The first kappa shape index (κ1) is 10.0. The second-order valence-corrected chi connectivity index (χ2v) is 3.71. The molecule has 0 radical (unpaired) electrons. The Kier molecular flexibility index (Phi) is 3.21. The maximum absolute atomic E-state index is 8.53. The number of nitrogens with zero attached hydrogens (tertiary/aromatic N) is 1. The van der Waals surface area contributed by atoms with E-state index in [1.807, 2.05) is 24.3 Å². The third-order valence-electron chi connectivity index (χ3n) is 2.52. The number of benzene rings is 1. The highest BCUT2D eigenvalue weighted by molar-refractivity contribution is 5.28. The van der Waals surface area contributed by atoms with E-state index in [0.717, 1.165) is 30.8 Å². The highest BCUT2D eigenvalue weighted by Crippen LogP contribution is 2.16. The molecule has 0 aromatic heterocycles. The Labute approximate surface area is 89.7 Å². The van der Waals surface area contributed by atoms with Gasteiger partial charge >= 0.3 is 0 Å². The summed E-state index contributed by atoms with van der Waals surface area (Å²) in [5.74, 6) is 0.894. The Morgan fingerprint density at radius 2 is 2.20 bits per heavy atom. The molecule has 0 aliphatic carbocycles. The molecule has 1 aliphatic heterocycles. The van der Waals surface area contributed by atoms with Crippen LogP contribution in [0.15, 0.2) is 24.3 Å². The number of hydrogen-bond donors (Lipinski definition) is 1. The van der Waals surface area contributed by atoms with Gasteiger partial charge in [-0.2, -0.15) is 5.26 Å². The maximum Gasteiger partial charge on any atom is 0.119 e. The minimum Gasteiger partial charge on any atom is -0.489 e. The average molecular weight is 202 g/mol. The van der Waals surface area contributed by atoms with E-state index in [0.29, 0.717) is 12.5 Å². The van der Waals surface area contributed by atoms with Crippen molar-refractivity contribution in [1.82, 2.24) is 5.32 Å². The minimum atomic E-state index is 0.298. The van der Waals surface area contributed by atoms with Crippen LogP contribution in [-0.4, -0.2) is 19.2 Å². The first-order valence-corrected chi connectivity index (χ1v) is 5.22. The summed E-state index contributed by atoms with van der Waals surface area (Å²) in [6.07, 6.45) is 1.83. The Morgan fingerprint density at radius 1 is 1.40 bits per heavy atom. The molecule has 1 saturated heterocycles. The van der Waals surface area contributed by atoms with Crippen LogP contribution in [0.4, 0.5) is 0 Å². The molecule has 1 aromatic rings. The summed E-state index contributed by atoms with van der Waals surface area (Å²) in [6.45, 7) is 1.97. The van der Waals surface area contributed by atoms with E-state index in [-0.39, 0.29) is 0 Å². The SMILES string of the molecule is N#CCc1ccc(OC2CCNC2)cc1. The van der Waals surface area contributed by atoms with E-state index < -0.39 is 0 Å². The van der Waals surface area contributed by atoms with Crippen molar-refractivity contribution < 1.29 is 4.74 Å². The molecule has 1 atom stereocenters. The van der Waals surface area contributed by atoms with Gasteiger partial charge in [0, 0.05) is 6.54 Å². The van der Waals surface area contributed by atoms with Crippen molar-refractivity contribution >= 4 is 0 Å². The molecule has 15 heavy (non-hydrogen) atoms. The normalized spacial score (nSPS) is 19.8. The number of nitrogens with one attached hydrogen (secondary N) is 1. The van der Waals surface area contributed by atoms with Crippen molar-refractivity contribution in [2.45, 2.75) is 18.9 Å². The van der Waals surface area contributed by atoms with Gasteiger partial charge in [0.05, 0.1) is 12.5 Å². The van der Waals surface area contributed by atoms with Crippen LogP contribution in [0.25, 0.3) is 0 Å². The fourth-order valence-electron chi connectivity index (χ4n) is 1.70. The van der Waals surface area contributed by atoms with Gasteiger partial charge in [-0.15, -0.1) is 0 Å². The molecule has 3 heteroatoms. The monoisotopic (exact) mass is 202 g/mol. The zero-order valence-corrected chi connectivity index (χ0v) is 8.57. The quantitative estimate of drug-likeness (QED) is 0.807. The van der Waals surface area contributed by atoms with E-state index in [1.54, 1.807) is 0 Å². The number of ether oxygens (including phenoxy) is 1. The van der Waals surface area contributed by atoms with Gasteiger partial charge in [-0.25, -0.2) is 0 Å². The average Bonchev–Trinajstić information content (AvgIpc) is 2.74. The number of nitriles is 1. The molecule has 3 nitrogen and oxygen atoms in total. The zero-order chi connectivity index (χ0) is 10.5. The molecule has 0 spiro atoms. The lowest BCUT2D eigenvalue weighted by molar-refractivity contribution is 0.223. The van der Waals surface area contributed by atoms with Crippen molar-refractivity contribution in [2.75, 3.05) is 13.1 Å². The van der Waals surface area contributed by atoms with Gasteiger partial charge in [-0.3, -0.25) is 0 Å². The van der Waals surface area contributed by atoms with E-state index in [9.17, 15) is 0 Å². The van der Waals surface area contributed by atoms with E-state index >= 15 is 0 Å². The van der Waals surface area contributed by atoms with Crippen LogP contribution in [-0.2, 0) is 6.42 Å². The second-order valence-electron chi connectivity index (χ2n) is 3.71. The van der Waals surface area contributed by atoms with Gasteiger partial charge in [0.25, 0.3) is 0 Å². The van der Waals surface area contributed by atoms with Crippen LogP contribution in [0.3, 0.4) is 0 Å². The van der Waals surface area contributed by atoms with Crippen molar-refractivity contribution in [3.63, 3.8) is 0 Å². The molecule has 1 heterocycles. The van der Waals surface area contributed by atoms with Crippen molar-refractivity contribution in [2.24, 2.45) is 0 Å². The van der Waals surface area contributed by atoms with Crippen molar-refractivity contribution in [3.8, 4) is 11.8 Å². The highest BCUT2D eigenvalue weighted by Gasteiger charge is 2.15. The van der Waals surface area contributed by atoms with Crippen LogP contribution in [0.5, 0.6) is 5.75 Å². The predicted molar refractivity (Wildman–Crippen MR) is 57.7 cm³/mol. The van der Waals surface area contributed by atoms with Crippen LogP contribution in [0.2, 0.25) is 0 Å². The third-order valence-corrected chi connectivity index (χ3v) is 2.52. The topological polar surface area (TPSA) is 45.0 Å². The molecule has 1 aliphatic rings. The maximum atomic E-state index is 8.53. The third kappa shape index (κ3) is 2.71. The summed E-state index contributed by atoms with van der Waals surface area (Å²) in [4.78, 5) is 0. The Hall–Kier alpha value is -1.53. The van der Waals surface area contributed by atoms with Gasteiger partial charge in [-0.1, -0.05) is 12.1 Å². The van der Waals surface area contributed by atoms with Gasteiger partial charge < -0.3 is 10.1 Å². The molecule has 78 valence electrons. The smallest absolute Gasteiger partial charge is 0.119 e. The van der Waals surface area contributed by atoms with E-state index in [1.165, 1.54) is 0 Å². The predicted octanol–water partition coefficient (Wildman–Crippen LogP) is 1.49. The van der Waals surface area contributed by atoms with Crippen LogP contribution < -0.4 is 10.1 Å². The number of rotatable bonds is 3. The lowest BCUT2D eigenvalue weighted by atomic mass is 10.1. The summed E-state index contributed by atoms with van der Waals surface area (Å²) in [6, 6.07) is 9.89. The van der Waals surface area contributed by atoms with Crippen LogP contribution in [0.1, 0.15) is 12.0 Å². The molecule has 0 saturated carbocycles. The minimum absolute atomic E-state index is 0.298. The van der Waals surface area contributed by atoms with Crippen LogP contribution >= 0.6 is 0 Å². The van der Waals surface area contributed by atoms with Gasteiger partial charge in [0.15, 0.2) is 0 Å². The van der Waals surface area contributed by atoms with E-state index in [2.05, 4.69) is 11.4 Å². The molecule has 1 unspecified atom stereocenters. The molecule has 1 N–H and O–H groups in total. The summed E-state index contributed by atoms with van der Waals surface area (Å²) in [5.41, 5.74) is 1.04. The Morgan fingerprint density at radius 3 is 2.80 bits per heavy atom. The van der Waals surface area contributed by atoms with Gasteiger partial charge in [0.2, 0.25) is 0 Å². The Balaban J connectivity index is 1.94. The summed E-state index contributed by atoms with van der Waals surface area (Å²) >= 11 is 0. The molecular weight excluding hydrogens is 188 g/mol. The Bertz CT molecular complexity index is 347. The molecule has 1 aromatic carbocycles. The lowest BCUT2D eigenvalue weighted by Gasteiger charge is -2.12. The first-order chi connectivity index (χ1) is 7.38.